The predicted molar refractivity (Wildman–Crippen MR) is 113 cm³/mol. The molecule has 0 atom stereocenters. The number of piperazine rings is 1. The number of rotatable bonds is 5. The van der Waals surface area contributed by atoms with Crippen LogP contribution in [0, 0.1) is 0 Å². The van der Waals surface area contributed by atoms with Gasteiger partial charge in [0.15, 0.2) is 0 Å². The largest absolute Gasteiger partial charge is 0.363 e. The molecular weight excluding hydrogens is 409 g/mol. The Morgan fingerprint density at radius 1 is 0.724 bits per heavy atom. The highest BCUT2D eigenvalue weighted by atomic mass is 35.5. The maximum absolute atomic E-state index is 13.0. The van der Waals surface area contributed by atoms with Gasteiger partial charge in [-0.05, 0) is 23.3 Å². The van der Waals surface area contributed by atoms with E-state index in [-0.39, 0.29) is 17.5 Å². The van der Waals surface area contributed by atoms with Crippen molar-refractivity contribution in [1.29, 1.82) is 0 Å². The zero-order valence-corrected chi connectivity index (χ0v) is 17.4. The summed E-state index contributed by atoms with van der Waals surface area (Å²) in [6.45, 7) is 3.99. The third-order valence-corrected chi connectivity index (χ3v) is 5.87. The van der Waals surface area contributed by atoms with E-state index < -0.39 is 5.91 Å². The summed E-state index contributed by atoms with van der Waals surface area (Å²) < 4.78 is 0. The number of amides is 2. The van der Waals surface area contributed by atoms with Gasteiger partial charge in [0.2, 0.25) is 0 Å². The van der Waals surface area contributed by atoms with Crippen LogP contribution in [-0.4, -0.2) is 52.7 Å². The van der Waals surface area contributed by atoms with Crippen molar-refractivity contribution >= 4 is 35.0 Å². The number of carbonyl (C=O) groups is 2. The van der Waals surface area contributed by atoms with E-state index in [2.05, 4.69) is 17.0 Å². The quantitative estimate of drug-likeness (QED) is 0.682. The Morgan fingerprint density at radius 2 is 1.34 bits per heavy atom. The molecule has 2 aromatic carbocycles. The zero-order chi connectivity index (χ0) is 20.4. The van der Waals surface area contributed by atoms with Crippen LogP contribution < -0.4 is 0 Å². The summed E-state index contributed by atoms with van der Waals surface area (Å²) in [5, 5.41) is 0.624. The summed E-state index contributed by atoms with van der Waals surface area (Å²) in [5.41, 5.74) is 2.42. The van der Waals surface area contributed by atoms with Gasteiger partial charge in [0.25, 0.3) is 11.8 Å². The van der Waals surface area contributed by atoms with Crippen LogP contribution >= 0.6 is 23.2 Å². The van der Waals surface area contributed by atoms with Crippen LogP contribution in [-0.2, 0) is 22.7 Å². The van der Waals surface area contributed by atoms with E-state index in [1.807, 2.05) is 23.1 Å². The van der Waals surface area contributed by atoms with Gasteiger partial charge in [0.05, 0.1) is 6.54 Å². The lowest BCUT2D eigenvalue weighted by molar-refractivity contribution is -0.138. The van der Waals surface area contributed by atoms with E-state index >= 15 is 0 Å². The second-order valence-electron chi connectivity index (χ2n) is 7.23. The highest BCUT2D eigenvalue weighted by Crippen LogP contribution is 2.29. The number of halogens is 2. The minimum absolute atomic E-state index is 0.0143. The molecule has 0 spiro atoms. The normalized spacial score (nSPS) is 18.1. The molecule has 0 aliphatic carbocycles. The third-order valence-electron chi connectivity index (χ3n) is 5.28. The van der Waals surface area contributed by atoms with E-state index in [9.17, 15) is 9.59 Å². The summed E-state index contributed by atoms with van der Waals surface area (Å²) in [4.78, 5) is 31.0. The van der Waals surface area contributed by atoms with Crippen LogP contribution in [0.15, 0.2) is 65.3 Å². The average Bonchev–Trinajstić information content (AvgIpc) is 2.94. The maximum Gasteiger partial charge on any atom is 0.279 e. The third kappa shape index (κ3) is 4.32. The van der Waals surface area contributed by atoms with Crippen molar-refractivity contribution in [3.63, 3.8) is 0 Å². The van der Waals surface area contributed by atoms with E-state index in [1.54, 1.807) is 24.3 Å². The fourth-order valence-corrected chi connectivity index (χ4v) is 4.12. The van der Waals surface area contributed by atoms with Gasteiger partial charge in [-0.15, -0.1) is 0 Å². The van der Waals surface area contributed by atoms with E-state index in [1.165, 1.54) is 10.5 Å². The molecule has 0 unspecified atom stereocenters. The fraction of sp³-hybridized carbons (Fsp3) is 0.273. The minimum Gasteiger partial charge on any atom is -0.363 e. The molecule has 0 N–H and O–H groups in total. The van der Waals surface area contributed by atoms with Gasteiger partial charge in [-0.3, -0.25) is 19.4 Å². The van der Waals surface area contributed by atoms with Crippen molar-refractivity contribution in [2.75, 3.05) is 26.2 Å². The van der Waals surface area contributed by atoms with Crippen LogP contribution in [0.1, 0.15) is 11.1 Å². The summed E-state index contributed by atoms with van der Waals surface area (Å²) in [7, 11) is 0. The van der Waals surface area contributed by atoms with E-state index in [0.29, 0.717) is 23.8 Å². The topological polar surface area (TPSA) is 43.9 Å². The van der Waals surface area contributed by atoms with E-state index in [4.69, 9.17) is 23.2 Å². The van der Waals surface area contributed by atoms with Gasteiger partial charge in [0, 0.05) is 37.7 Å². The first-order chi connectivity index (χ1) is 14.0. The van der Waals surface area contributed by atoms with Crippen molar-refractivity contribution in [2.45, 2.75) is 13.1 Å². The van der Waals surface area contributed by atoms with Crippen molar-refractivity contribution in [3.05, 3.63) is 81.5 Å². The molecule has 4 rings (SSSR count). The maximum atomic E-state index is 13.0. The summed E-state index contributed by atoms with van der Waals surface area (Å²) in [6, 6.07) is 17.4. The Bertz CT molecular complexity index is 936. The first-order valence-electron chi connectivity index (χ1n) is 9.54. The second-order valence-corrected chi connectivity index (χ2v) is 8.05. The summed E-state index contributed by atoms with van der Waals surface area (Å²) >= 11 is 12.2. The van der Waals surface area contributed by atoms with Crippen LogP contribution in [0.3, 0.4) is 0 Å². The molecule has 1 fully saturated rings. The monoisotopic (exact) mass is 429 g/mol. The molecule has 1 saturated heterocycles. The average molecular weight is 430 g/mol. The molecule has 2 heterocycles. The first kappa shape index (κ1) is 20.0. The standard InChI is InChI=1S/C22H21Cl2N3O2/c23-18-8-6-17(7-9-18)15-27-21(28)19(24)20(22(27)29)26-12-10-25(11-13-26)14-16-4-2-1-3-5-16/h1-9H,10-15H2. The van der Waals surface area contributed by atoms with Gasteiger partial charge in [-0.1, -0.05) is 65.7 Å². The zero-order valence-electron chi connectivity index (χ0n) is 15.9. The molecule has 5 nitrogen and oxygen atoms in total. The highest BCUT2D eigenvalue weighted by molar-refractivity contribution is 6.47. The van der Waals surface area contributed by atoms with Crippen molar-refractivity contribution < 1.29 is 9.59 Å². The first-order valence-corrected chi connectivity index (χ1v) is 10.3. The second kappa shape index (κ2) is 8.57. The molecule has 0 bridgehead atoms. The minimum atomic E-state index is -0.437. The lowest BCUT2D eigenvalue weighted by Gasteiger charge is -2.36. The summed E-state index contributed by atoms with van der Waals surface area (Å²) in [6.07, 6.45) is 0. The molecule has 2 aliphatic rings. The van der Waals surface area contributed by atoms with Gasteiger partial charge in [-0.2, -0.15) is 0 Å². The molecule has 29 heavy (non-hydrogen) atoms. The highest BCUT2D eigenvalue weighted by Gasteiger charge is 2.40. The molecule has 0 saturated carbocycles. The number of hydrogen-bond donors (Lipinski definition) is 0. The Labute approximate surface area is 180 Å². The Morgan fingerprint density at radius 3 is 2.00 bits per heavy atom. The number of carbonyl (C=O) groups excluding carboxylic acids is 2. The molecule has 7 heteroatoms. The van der Waals surface area contributed by atoms with Gasteiger partial charge in [-0.25, -0.2) is 0 Å². The van der Waals surface area contributed by atoms with Crippen LogP contribution in [0.5, 0.6) is 0 Å². The molecule has 0 radical (unpaired) electrons. The molecule has 150 valence electrons. The molecule has 2 aliphatic heterocycles. The predicted octanol–water partition coefficient (Wildman–Crippen LogP) is 3.48. The number of benzene rings is 2. The molecule has 2 aromatic rings. The van der Waals surface area contributed by atoms with Crippen LogP contribution in [0.4, 0.5) is 0 Å². The Kier molecular flexibility index (Phi) is 5.90. The lowest BCUT2D eigenvalue weighted by atomic mass is 10.2. The van der Waals surface area contributed by atoms with Crippen molar-refractivity contribution in [1.82, 2.24) is 14.7 Å². The van der Waals surface area contributed by atoms with Crippen LogP contribution in [0.2, 0.25) is 5.02 Å². The van der Waals surface area contributed by atoms with Crippen LogP contribution in [0.25, 0.3) is 0 Å². The summed E-state index contributed by atoms with van der Waals surface area (Å²) in [5.74, 6) is -0.764. The van der Waals surface area contributed by atoms with Crippen molar-refractivity contribution in [2.24, 2.45) is 0 Å². The van der Waals surface area contributed by atoms with Gasteiger partial charge in [0.1, 0.15) is 10.7 Å². The van der Waals surface area contributed by atoms with Gasteiger partial charge < -0.3 is 4.90 Å². The Hall–Kier alpha value is -2.34. The lowest BCUT2D eigenvalue weighted by Crippen LogP contribution is -2.47. The van der Waals surface area contributed by atoms with Crippen molar-refractivity contribution in [3.8, 4) is 0 Å². The van der Waals surface area contributed by atoms with E-state index in [0.717, 1.165) is 25.2 Å². The SMILES string of the molecule is O=C1C(Cl)=C(N2CCN(Cc3ccccc3)CC2)C(=O)N1Cc1ccc(Cl)cc1. The van der Waals surface area contributed by atoms with Gasteiger partial charge >= 0.3 is 0 Å². The number of imide groups is 1. The fourth-order valence-electron chi connectivity index (χ4n) is 3.70. The number of hydrogen-bond acceptors (Lipinski definition) is 4. The number of nitrogens with zero attached hydrogens (tertiary/aromatic N) is 3. The molecule has 0 aromatic heterocycles. The molecular formula is C22H21Cl2N3O2. The molecule has 2 amide bonds. The Balaban J connectivity index is 1.40. The smallest absolute Gasteiger partial charge is 0.279 e.